The zero-order chi connectivity index (χ0) is 15.9. The molecule has 0 fully saturated rings. The first kappa shape index (κ1) is 15.2. The summed E-state index contributed by atoms with van der Waals surface area (Å²) in [5.74, 6) is 0. The SMILES string of the molecule is [C-]#[N+]c1cc2cc3ccc([Si](Cl)(Cl)Cl)cc3cc2cc1[N+]#[C-]. The molecule has 3 aromatic carbocycles. The number of halogens is 3. The van der Waals surface area contributed by atoms with Crippen LogP contribution >= 0.6 is 33.2 Å². The first-order valence-corrected chi connectivity index (χ1v) is 11.3. The lowest BCUT2D eigenvalue weighted by atomic mass is 10.0. The van der Waals surface area contributed by atoms with Crippen LogP contribution in [0.1, 0.15) is 0 Å². The largest absolute Gasteiger partial charge is 0.372 e. The van der Waals surface area contributed by atoms with Crippen molar-refractivity contribution in [3.8, 4) is 0 Å². The van der Waals surface area contributed by atoms with E-state index in [9.17, 15) is 0 Å². The van der Waals surface area contributed by atoms with Crippen LogP contribution in [0.5, 0.6) is 0 Å². The van der Waals surface area contributed by atoms with Crippen molar-refractivity contribution in [2.45, 2.75) is 0 Å². The molecule has 0 atom stereocenters. The summed E-state index contributed by atoms with van der Waals surface area (Å²) in [5, 5.41) is 4.51. The average Bonchev–Trinajstić information content (AvgIpc) is 2.50. The van der Waals surface area contributed by atoms with Gasteiger partial charge in [0.05, 0.1) is 13.1 Å². The van der Waals surface area contributed by atoms with Crippen LogP contribution in [-0.4, -0.2) is 6.00 Å². The van der Waals surface area contributed by atoms with Gasteiger partial charge in [0.25, 0.3) is 0 Å². The molecule has 0 bridgehead atoms. The Bertz CT molecular complexity index is 995. The first-order valence-electron chi connectivity index (χ1n) is 6.26. The Kier molecular flexibility index (Phi) is 3.76. The lowest BCUT2D eigenvalue weighted by Crippen LogP contribution is -2.29. The summed E-state index contributed by atoms with van der Waals surface area (Å²) in [6.07, 6.45) is 0. The summed E-state index contributed by atoms with van der Waals surface area (Å²) in [4.78, 5) is 6.82. The van der Waals surface area contributed by atoms with Gasteiger partial charge in [-0.25, -0.2) is 0 Å². The van der Waals surface area contributed by atoms with Gasteiger partial charge in [-0.1, -0.05) is 30.3 Å². The molecule has 0 amide bonds. The minimum absolute atomic E-state index is 0.355. The maximum Gasteiger partial charge on any atom is 0.372 e. The van der Waals surface area contributed by atoms with Gasteiger partial charge in [-0.05, 0) is 38.9 Å². The predicted octanol–water partition coefficient (Wildman–Crippen LogP) is 5.96. The highest BCUT2D eigenvalue weighted by Gasteiger charge is 2.28. The Balaban J connectivity index is 2.32. The zero-order valence-corrected chi connectivity index (χ0v) is 14.3. The van der Waals surface area contributed by atoms with E-state index in [-0.39, 0.29) is 0 Å². The van der Waals surface area contributed by atoms with Gasteiger partial charge in [-0.2, -0.15) is 0 Å². The Morgan fingerprint density at radius 2 is 1.18 bits per heavy atom. The molecule has 2 nitrogen and oxygen atoms in total. The van der Waals surface area contributed by atoms with Crippen LogP contribution in [0.3, 0.4) is 0 Å². The molecule has 3 aromatic rings. The third-order valence-electron chi connectivity index (χ3n) is 3.46. The van der Waals surface area contributed by atoms with Gasteiger partial charge in [0, 0.05) is 0 Å². The molecule has 0 aromatic heterocycles. The van der Waals surface area contributed by atoms with Crippen molar-refractivity contribution < 1.29 is 0 Å². The predicted molar refractivity (Wildman–Crippen MR) is 96.9 cm³/mol. The van der Waals surface area contributed by atoms with Crippen molar-refractivity contribution in [3.63, 3.8) is 0 Å². The molecule has 106 valence electrons. The van der Waals surface area contributed by atoms with Crippen molar-refractivity contribution in [2.75, 3.05) is 0 Å². The Morgan fingerprint density at radius 3 is 1.68 bits per heavy atom. The molecule has 0 radical (unpaired) electrons. The van der Waals surface area contributed by atoms with Gasteiger partial charge in [0.2, 0.25) is 0 Å². The number of fused-ring (bicyclic) bond motifs is 2. The quantitative estimate of drug-likeness (QED) is 0.219. The normalized spacial score (nSPS) is 11.3. The average molecular weight is 362 g/mol. The molecule has 0 aliphatic carbocycles. The second-order valence-corrected chi connectivity index (χ2v) is 13.2. The summed E-state index contributed by atoms with van der Waals surface area (Å²) in [6, 6.07) is 10.1. The highest BCUT2D eigenvalue weighted by Crippen LogP contribution is 2.35. The van der Waals surface area contributed by atoms with Crippen molar-refractivity contribution in [2.24, 2.45) is 0 Å². The molecular formula is C16H7Cl3N2Si. The fourth-order valence-electron chi connectivity index (χ4n) is 2.38. The van der Waals surface area contributed by atoms with Crippen molar-refractivity contribution in [1.29, 1.82) is 0 Å². The van der Waals surface area contributed by atoms with E-state index in [1.54, 1.807) is 12.1 Å². The van der Waals surface area contributed by atoms with E-state index in [0.29, 0.717) is 11.4 Å². The van der Waals surface area contributed by atoms with Crippen LogP contribution in [0, 0.1) is 13.1 Å². The molecule has 0 N–H and O–H groups in total. The van der Waals surface area contributed by atoms with Crippen LogP contribution in [-0.2, 0) is 0 Å². The Hall–Kier alpha value is -1.75. The minimum Gasteiger partial charge on any atom is -0.250 e. The molecule has 0 spiro atoms. The first-order chi connectivity index (χ1) is 10.4. The molecule has 0 heterocycles. The number of benzene rings is 3. The number of hydrogen-bond acceptors (Lipinski definition) is 0. The van der Waals surface area contributed by atoms with Gasteiger partial charge in [-0.3, -0.25) is 9.69 Å². The van der Waals surface area contributed by atoms with E-state index in [0.717, 1.165) is 26.7 Å². The summed E-state index contributed by atoms with van der Waals surface area (Å²) in [7, 11) is 0. The summed E-state index contributed by atoms with van der Waals surface area (Å²) in [6.45, 7) is 14.3. The summed E-state index contributed by atoms with van der Waals surface area (Å²) < 4.78 is 0. The maximum atomic E-state index is 7.18. The van der Waals surface area contributed by atoms with Gasteiger partial charge >= 0.3 is 6.00 Å². The fourth-order valence-corrected chi connectivity index (χ4v) is 4.03. The van der Waals surface area contributed by atoms with E-state index in [1.165, 1.54) is 0 Å². The van der Waals surface area contributed by atoms with Gasteiger partial charge in [0.15, 0.2) is 11.4 Å². The minimum atomic E-state index is -2.92. The van der Waals surface area contributed by atoms with Crippen molar-refractivity contribution in [1.82, 2.24) is 0 Å². The molecule has 0 saturated carbocycles. The second-order valence-electron chi connectivity index (χ2n) is 4.82. The topological polar surface area (TPSA) is 8.72 Å². The molecule has 22 heavy (non-hydrogen) atoms. The maximum absolute atomic E-state index is 7.18. The Morgan fingerprint density at radius 1 is 0.682 bits per heavy atom. The molecule has 0 aliphatic heterocycles. The molecular weight excluding hydrogens is 355 g/mol. The number of hydrogen-bond donors (Lipinski definition) is 0. The second kappa shape index (κ2) is 5.46. The van der Waals surface area contributed by atoms with Gasteiger partial charge in [0.1, 0.15) is 0 Å². The fraction of sp³-hybridized carbons (Fsp3) is 0. The van der Waals surface area contributed by atoms with Crippen LogP contribution in [0.4, 0.5) is 11.4 Å². The van der Waals surface area contributed by atoms with Crippen molar-refractivity contribution in [3.05, 3.63) is 65.3 Å². The lowest BCUT2D eigenvalue weighted by Gasteiger charge is -2.10. The molecule has 0 aliphatic rings. The van der Waals surface area contributed by atoms with E-state index in [2.05, 4.69) is 9.69 Å². The smallest absolute Gasteiger partial charge is 0.250 e. The highest BCUT2D eigenvalue weighted by atomic mass is 35.8. The molecule has 3 rings (SSSR count). The number of rotatable bonds is 1. The van der Waals surface area contributed by atoms with E-state index < -0.39 is 6.00 Å². The lowest BCUT2D eigenvalue weighted by molar-refractivity contribution is 1.78. The van der Waals surface area contributed by atoms with Gasteiger partial charge < -0.3 is 0 Å². The van der Waals surface area contributed by atoms with Gasteiger partial charge in [-0.15, -0.1) is 33.2 Å². The summed E-state index contributed by atoms with van der Waals surface area (Å²) >= 11 is 18.2. The van der Waals surface area contributed by atoms with Crippen molar-refractivity contribution >= 4 is 77.3 Å². The zero-order valence-electron chi connectivity index (χ0n) is 11.1. The molecule has 6 heteroatoms. The standard InChI is InChI=1S/C16H7Cl3N2Si/c1-20-15-8-12-5-10-3-4-14(22(17,18)19)7-11(10)6-13(12)9-16(15)21-2/h3-9H. The van der Waals surface area contributed by atoms with Crippen LogP contribution in [0.25, 0.3) is 31.2 Å². The molecule has 0 unspecified atom stereocenters. The van der Waals surface area contributed by atoms with Crippen LogP contribution in [0.2, 0.25) is 0 Å². The summed E-state index contributed by atoms with van der Waals surface area (Å²) in [5.41, 5.74) is 0.723. The number of nitrogens with zero attached hydrogens (tertiary/aromatic N) is 2. The van der Waals surface area contributed by atoms with Crippen LogP contribution < -0.4 is 5.19 Å². The van der Waals surface area contributed by atoms with Crippen LogP contribution in [0.15, 0.2) is 42.5 Å². The van der Waals surface area contributed by atoms with E-state index >= 15 is 0 Å². The monoisotopic (exact) mass is 360 g/mol. The molecule has 0 saturated heterocycles. The highest BCUT2D eigenvalue weighted by molar-refractivity contribution is 7.69. The van der Waals surface area contributed by atoms with E-state index in [4.69, 9.17) is 46.4 Å². The third-order valence-corrected chi connectivity index (χ3v) is 6.39. The van der Waals surface area contributed by atoms with E-state index in [1.807, 2.05) is 30.3 Å². The third kappa shape index (κ3) is 2.65. The Labute approximate surface area is 142 Å².